The molecular formula is C15H17FO. The van der Waals surface area contributed by atoms with Crippen molar-refractivity contribution >= 4 is 0 Å². The van der Waals surface area contributed by atoms with E-state index in [4.69, 9.17) is 4.74 Å². The highest BCUT2D eigenvalue weighted by Crippen LogP contribution is 2.26. The third kappa shape index (κ3) is 3.68. The van der Waals surface area contributed by atoms with Gasteiger partial charge >= 0.3 is 0 Å². The van der Waals surface area contributed by atoms with Crippen molar-refractivity contribution in [3.05, 3.63) is 72.7 Å². The molecule has 0 aromatic rings. The van der Waals surface area contributed by atoms with Crippen molar-refractivity contribution in [3.63, 3.8) is 0 Å². The van der Waals surface area contributed by atoms with Crippen LogP contribution in [0.2, 0.25) is 0 Å². The van der Waals surface area contributed by atoms with Gasteiger partial charge in [-0.25, -0.2) is 4.39 Å². The lowest BCUT2D eigenvalue weighted by atomic mass is 9.93. The molecule has 1 aliphatic heterocycles. The second kappa shape index (κ2) is 6.16. The van der Waals surface area contributed by atoms with E-state index in [-0.39, 0.29) is 0 Å². The number of ether oxygens (including phenoxy) is 1. The fourth-order valence-electron chi connectivity index (χ4n) is 1.59. The summed E-state index contributed by atoms with van der Waals surface area (Å²) in [6.45, 7) is 15.9. The topological polar surface area (TPSA) is 9.23 Å². The van der Waals surface area contributed by atoms with E-state index in [0.717, 1.165) is 23.1 Å². The minimum atomic E-state index is -0.503. The van der Waals surface area contributed by atoms with Gasteiger partial charge in [0, 0.05) is 0 Å². The van der Waals surface area contributed by atoms with Crippen molar-refractivity contribution in [2.24, 2.45) is 0 Å². The standard InChI is InChI=1S/C15H17FO/c1-5-14-8-9-17-10-15(14)13(4)11(2)6-7-12(3)16/h5-7H,1-4,8-10H2/b7-6-. The first-order valence-corrected chi connectivity index (χ1v) is 5.39. The summed E-state index contributed by atoms with van der Waals surface area (Å²) in [7, 11) is 0. The van der Waals surface area contributed by atoms with Gasteiger partial charge in [0.15, 0.2) is 0 Å². The number of allylic oxidation sites excluding steroid dienone is 5. The normalized spacial score (nSPS) is 16.1. The molecule has 0 radical (unpaired) electrons. The zero-order chi connectivity index (χ0) is 12.8. The molecule has 0 fully saturated rings. The van der Waals surface area contributed by atoms with Crippen LogP contribution in [0, 0.1) is 0 Å². The molecule has 0 amide bonds. The SMILES string of the molecule is C=CC1=C(C(=C)C(=C)/C=C\C(=C)F)COCC1. The molecule has 0 N–H and O–H groups in total. The molecule has 0 saturated heterocycles. The Labute approximate surface area is 102 Å². The summed E-state index contributed by atoms with van der Waals surface area (Å²) >= 11 is 0. The predicted octanol–water partition coefficient (Wildman–Crippen LogP) is 4.04. The van der Waals surface area contributed by atoms with E-state index in [1.807, 2.05) is 6.08 Å². The van der Waals surface area contributed by atoms with Crippen molar-refractivity contribution in [2.45, 2.75) is 6.42 Å². The minimum absolute atomic E-state index is 0.503. The van der Waals surface area contributed by atoms with Gasteiger partial charge in [-0.05, 0) is 34.8 Å². The Morgan fingerprint density at radius 2 is 1.94 bits per heavy atom. The van der Waals surface area contributed by atoms with E-state index in [9.17, 15) is 4.39 Å². The summed E-state index contributed by atoms with van der Waals surface area (Å²) in [6.07, 6.45) is 5.47. The molecule has 0 aromatic carbocycles. The monoisotopic (exact) mass is 232 g/mol. The Bertz CT molecular complexity index is 424. The number of hydrogen-bond acceptors (Lipinski definition) is 1. The van der Waals surface area contributed by atoms with Gasteiger partial charge in [-0.2, -0.15) is 0 Å². The van der Waals surface area contributed by atoms with E-state index in [1.54, 1.807) is 6.08 Å². The molecule has 2 heteroatoms. The van der Waals surface area contributed by atoms with E-state index in [2.05, 4.69) is 26.3 Å². The highest BCUT2D eigenvalue weighted by atomic mass is 19.1. The van der Waals surface area contributed by atoms with Crippen LogP contribution in [0.5, 0.6) is 0 Å². The summed E-state index contributed by atoms with van der Waals surface area (Å²) in [5.74, 6) is -0.503. The molecular weight excluding hydrogens is 215 g/mol. The molecule has 17 heavy (non-hydrogen) atoms. The second-order valence-electron chi connectivity index (χ2n) is 3.79. The predicted molar refractivity (Wildman–Crippen MR) is 70.3 cm³/mol. The van der Waals surface area contributed by atoms with Crippen molar-refractivity contribution in [1.29, 1.82) is 0 Å². The zero-order valence-electron chi connectivity index (χ0n) is 9.97. The van der Waals surface area contributed by atoms with Crippen molar-refractivity contribution in [1.82, 2.24) is 0 Å². The molecule has 0 bridgehead atoms. The van der Waals surface area contributed by atoms with Gasteiger partial charge in [0.05, 0.1) is 13.2 Å². The maximum atomic E-state index is 12.5. The smallest absolute Gasteiger partial charge is 0.116 e. The van der Waals surface area contributed by atoms with Crippen LogP contribution in [0.4, 0.5) is 4.39 Å². The van der Waals surface area contributed by atoms with E-state index in [0.29, 0.717) is 18.8 Å². The molecule has 0 spiro atoms. The molecule has 1 aliphatic rings. The lowest BCUT2D eigenvalue weighted by Gasteiger charge is -2.20. The number of hydrogen-bond donors (Lipinski definition) is 0. The highest BCUT2D eigenvalue weighted by molar-refractivity contribution is 5.53. The molecule has 0 aliphatic carbocycles. The van der Waals surface area contributed by atoms with Crippen molar-refractivity contribution in [2.75, 3.05) is 13.2 Å². The molecule has 0 atom stereocenters. The van der Waals surface area contributed by atoms with Gasteiger partial charge in [-0.1, -0.05) is 38.5 Å². The van der Waals surface area contributed by atoms with Crippen LogP contribution >= 0.6 is 0 Å². The molecule has 1 nitrogen and oxygen atoms in total. The summed E-state index contributed by atoms with van der Waals surface area (Å²) in [4.78, 5) is 0. The summed E-state index contributed by atoms with van der Waals surface area (Å²) < 4.78 is 17.9. The van der Waals surface area contributed by atoms with Crippen molar-refractivity contribution in [3.8, 4) is 0 Å². The lowest BCUT2D eigenvalue weighted by Crippen LogP contribution is -2.12. The fraction of sp³-hybridized carbons (Fsp3) is 0.200. The number of halogens is 1. The van der Waals surface area contributed by atoms with Crippen molar-refractivity contribution < 1.29 is 9.13 Å². The first-order chi connectivity index (χ1) is 8.06. The number of rotatable bonds is 5. The first kappa shape index (κ1) is 13.4. The summed E-state index contributed by atoms with van der Waals surface area (Å²) in [6, 6.07) is 0. The maximum absolute atomic E-state index is 12.5. The average molecular weight is 232 g/mol. The van der Waals surface area contributed by atoms with Crippen LogP contribution in [-0.2, 0) is 4.74 Å². The highest BCUT2D eigenvalue weighted by Gasteiger charge is 2.14. The average Bonchev–Trinajstić information content (AvgIpc) is 2.34. The molecule has 1 heterocycles. The Balaban J connectivity index is 2.88. The molecule has 0 unspecified atom stereocenters. The van der Waals surface area contributed by atoms with Gasteiger partial charge in [0.25, 0.3) is 0 Å². The lowest BCUT2D eigenvalue weighted by molar-refractivity contribution is 0.149. The summed E-state index contributed by atoms with van der Waals surface area (Å²) in [5.41, 5.74) is 3.53. The van der Waals surface area contributed by atoms with Crippen LogP contribution < -0.4 is 0 Å². The maximum Gasteiger partial charge on any atom is 0.116 e. The van der Waals surface area contributed by atoms with Gasteiger partial charge in [-0.15, -0.1) is 0 Å². The molecule has 1 rings (SSSR count). The van der Waals surface area contributed by atoms with Crippen LogP contribution in [0.1, 0.15) is 6.42 Å². The minimum Gasteiger partial charge on any atom is -0.376 e. The Hall–Kier alpha value is -1.67. The van der Waals surface area contributed by atoms with Crippen LogP contribution in [0.25, 0.3) is 0 Å². The largest absolute Gasteiger partial charge is 0.376 e. The third-order valence-electron chi connectivity index (χ3n) is 2.61. The zero-order valence-corrected chi connectivity index (χ0v) is 9.97. The molecule has 90 valence electrons. The van der Waals surface area contributed by atoms with Gasteiger partial charge in [0.2, 0.25) is 0 Å². The van der Waals surface area contributed by atoms with Crippen LogP contribution in [0.3, 0.4) is 0 Å². The van der Waals surface area contributed by atoms with E-state index < -0.39 is 5.83 Å². The van der Waals surface area contributed by atoms with Gasteiger partial charge < -0.3 is 4.74 Å². The third-order valence-corrected chi connectivity index (χ3v) is 2.61. The molecule has 0 saturated carbocycles. The summed E-state index contributed by atoms with van der Waals surface area (Å²) in [5, 5.41) is 0. The quantitative estimate of drug-likeness (QED) is 0.650. The van der Waals surface area contributed by atoms with E-state index >= 15 is 0 Å². The van der Waals surface area contributed by atoms with E-state index in [1.165, 1.54) is 6.08 Å². The van der Waals surface area contributed by atoms with Gasteiger partial charge in [-0.3, -0.25) is 0 Å². The Morgan fingerprint density at radius 3 is 2.53 bits per heavy atom. The van der Waals surface area contributed by atoms with Crippen LogP contribution in [-0.4, -0.2) is 13.2 Å². The van der Waals surface area contributed by atoms with Crippen LogP contribution in [0.15, 0.2) is 72.7 Å². The molecule has 0 aromatic heterocycles. The fourth-order valence-corrected chi connectivity index (χ4v) is 1.59. The Morgan fingerprint density at radius 1 is 1.24 bits per heavy atom. The second-order valence-corrected chi connectivity index (χ2v) is 3.79. The van der Waals surface area contributed by atoms with Gasteiger partial charge in [0.1, 0.15) is 5.83 Å². The first-order valence-electron chi connectivity index (χ1n) is 5.39. The Kier molecular flexibility index (Phi) is 4.85.